The molecule has 3 aromatic rings. The van der Waals surface area contributed by atoms with Gasteiger partial charge in [-0.3, -0.25) is 4.98 Å². The van der Waals surface area contributed by atoms with E-state index in [-0.39, 0.29) is 11.6 Å². The number of halogens is 1. The van der Waals surface area contributed by atoms with Crippen LogP contribution in [0.1, 0.15) is 0 Å². The maximum Gasteiger partial charge on any atom is 0.185 e. The first kappa shape index (κ1) is 9.77. The third kappa shape index (κ3) is 1.71. The fourth-order valence-corrected chi connectivity index (χ4v) is 1.54. The maximum atomic E-state index is 13.6. The van der Waals surface area contributed by atoms with Crippen molar-refractivity contribution in [3.05, 3.63) is 48.5 Å². The number of fused-ring (bicyclic) bond motifs is 1. The van der Waals surface area contributed by atoms with E-state index < -0.39 is 0 Å². The van der Waals surface area contributed by atoms with E-state index in [2.05, 4.69) is 20.2 Å². The van der Waals surface area contributed by atoms with Gasteiger partial charge in [0.1, 0.15) is 16.9 Å². The maximum absolute atomic E-state index is 13.6. The van der Waals surface area contributed by atoms with Gasteiger partial charge in [0.25, 0.3) is 0 Å². The Morgan fingerprint density at radius 3 is 2.71 bits per heavy atom. The van der Waals surface area contributed by atoms with Gasteiger partial charge in [-0.25, -0.2) is 9.37 Å². The molecule has 17 heavy (non-hydrogen) atoms. The van der Waals surface area contributed by atoms with Crippen molar-refractivity contribution < 1.29 is 4.39 Å². The summed E-state index contributed by atoms with van der Waals surface area (Å²) >= 11 is 0. The molecule has 0 unspecified atom stereocenters. The van der Waals surface area contributed by atoms with Crippen molar-refractivity contribution >= 4 is 11.0 Å². The first-order chi connectivity index (χ1) is 8.34. The van der Waals surface area contributed by atoms with E-state index >= 15 is 0 Å². The van der Waals surface area contributed by atoms with E-state index in [9.17, 15) is 4.39 Å². The summed E-state index contributed by atoms with van der Waals surface area (Å²) in [6.45, 7) is 0. The standard InChI is InChI=1S/C12H7FN4/c13-9-4-2-1-3-8(9)12-15-11-7-14-6-5-10(11)16-17-12/h1-7H. The van der Waals surface area contributed by atoms with Crippen LogP contribution in [-0.2, 0) is 0 Å². The zero-order valence-electron chi connectivity index (χ0n) is 8.71. The lowest BCUT2D eigenvalue weighted by atomic mass is 10.2. The minimum Gasteiger partial charge on any atom is -0.262 e. The van der Waals surface area contributed by atoms with Gasteiger partial charge in [0, 0.05) is 6.20 Å². The molecule has 0 fully saturated rings. The molecule has 0 aliphatic rings. The number of aromatic nitrogens is 4. The van der Waals surface area contributed by atoms with Crippen LogP contribution in [0.5, 0.6) is 0 Å². The van der Waals surface area contributed by atoms with Gasteiger partial charge in [0.2, 0.25) is 0 Å². The zero-order valence-corrected chi connectivity index (χ0v) is 8.71. The van der Waals surface area contributed by atoms with Crippen molar-refractivity contribution in [3.63, 3.8) is 0 Å². The Morgan fingerprint density at radius 2 is 1.82 bits per heavy atom. The topological polar surface area (TPSA) is 51.6 Å². The molecule has 4 nitrogen and oxygen atoms in total. The van der Waals surface area contributed by atoms with Gasteiger partial charge in [0.05, 0.1) is 11.8 Å². The van der Waals surface area contributed by atoms with Crippen LogP contribution >= 0.6 is 0 Å². The molecule has 0 spiro atoms. The third-order valence-corrected chi connectivity index (χ3v) is 2.37. The second-order valence-electron chi connectivity index (χ2n) is 3.48. The van der Waals surface area contributed by atoms with Gasteiger partial charge >= 0.3 is 0 Å². The van der Waals surface area contributed by atoms with Crippen LogP contribution in [-0.4, -0.2) is 20.2 Å². The molecule has 0 aliphatic carbocycles. The number of benzene rings is 1. The molecule has 2 heterocycles. The van der Waals surface area contributed by atoms with Gasteiger partial charge in [-0.1, -0.05) is 12.1 Å². The highest BCUT2D eigenvalue weighted by molar-refractivity contribution is 5.74. The second-order valence-corrected chi connectivity index (χ2v) is 3.48. The van der Waals surface area contributed by atoms with Crippen molar-refractivity contribution in [2.45, 2.75) is 0 Å². The van der Waals surface area contributed by atoms with Crippen molar-refractivity contribution in [2.75, 3.05) is 0 Å². The van der Waals surface area contributed by atoms with Crippen LogP contribution in [0.4, 0.5) is 4.39 Å². The molecule has 82 valence electrons. The van der Waals surface area contributed by atoms with E-state index in [1.165, 1.54) is 6.07 Å². The van der Waals surface area contributed by atoms with Crippen molar-refractivity contribution in [2.24, 2.45) is 0 Å². The minimum atomic E-state index is -0.363. The van der Waals surface area contributed by atoms with Gasteiger partial charge in [-0.2, -0.15) is 0 Å². The highest BCUT2D eigenvalue weighted by atomic mass is 19.1. The van der Waals surface area contributed by atoms with Crippen molar-refractivity contribution in [1.29, 1.82) is 0 Å². The first-order valence-corrected chi connectivity index (χ1v) is 5.04. The predicted octanol–water partition coefficient (Wildman–Crippen LogP) is 2.23. The lowest BCUT2D eigenvalue weighted by Crippen LogP contribution is -1.96. The van der Waals surface area contributed by atoms with Crippen LogP contribution in [0.3, 0.4) is 0 Å². The molecule has 2 aromatic heterocycles. The average molecular weight is 226 g/mol. The number of pyridine rings is 1. The summed E-state index contributed by atoms with van der Waals surface area (Å²) in [5.41, 5.74) is 1.58. The Balaban J connectivity index is 2.22. The molecular formula is C12H7FN4. The molecule has 0 saturated heterocycles. The molecular weight excluding hydrogens is 219 g/mol. The summed E-state index contributed by atoms with van der Waals surface area (Å²) in [5.74, 6) is -0.0962. The normalized spacial score (nSPS) is 10.6. The largest absolute Gasteiger partial charge is 0.262 e. The lowest BCUT2D eigenvalue weighted by molar-refractivity contribution is 0.629. The van der Waals surface area contributed by atoms with Gasteiger partial charge < -0.3 is 0 Å². The van der Waals surface area contributed by atoms with Crippen LogP contribution in [0.25, 0.3) is 22.4 Å². The molecule has 0 aliphatic heterocycles. The van der Waals surface area contributed by atoms with Crippen LogP contribution < -0.4 is 0 Å². The molecule has 0 saturated carbocycles. The summed E-state index contributed by atoms with van der Waals surface area (Å²) in [7, 11) is 0. The van der Waals surface area contributed by atoms with E-state index in [0.29, 0.717) is 16.6 Å². The summed E-state index contributed by atoms with van der Waals surface area (Å²) in [6.07, 6.45) is 3.19. The molecule has 0 amide bonds. The summed E-state index contributed by atoms with van der Waals surface area (Å²) in [5, 5.41) is 7.89. The molecule has 1 aromatic carbocycles. The molecule has 3 rings (SSSR count). The Morgan fingerprint density at radius 1 is 0.941 bits per heavy atom. The fourth-order valence-electron chi connectivity index (χ4n) is 1.54. The number of hydrogen-bond donors (Lipinski definition) is 0. The highest BCUT2D eigenvalue weighted by Gasteiger charge is 2.08. The van der Waals surface area contributed by atoms with Gasteiger partial charge in [0.15, 0.2) is 5.82 Å². The SMILES string of the molecule is Fc1ccccc1-c1nnc2ccncc2n1. The monoisotopic (exact) mass is 226 g/mol. The molecule has 0 bridgehead atoms. The Kier molecular flexibility index (Phi) is 2.22. The Hall–Kier alpha value is -2.43. The number of rotatable bonds is 1. The molecule has 0 radical (unpaired) electrons. The van der Waals surface area contributed by atoms with E-state index in [4.69, 9.17) is 0 Å². The fraction of sp³-hybridized carbons (Fsp3) is 0. The second kappa shape index (κ2) is 3.86. The highest BCUT2D eigenvalue weighted by Crippen LogP contribution is 2.19. The lowest BCUT2D eigenvalue weighted by Gasteiger charge is -2.01. The average Bonchev–Trinajstić information content (AvgIpc) is 2.39. The Labute approximate surface area is 96.2 Å². The zero-order chi connectivity index (χ0) is 11.7. The number of hydrogen-bond acceptors (Lipinski definition) is 4. The van der Waals surface area contributed by atoms with Crippen molar-refractivity contribution in [3.8, 4) is 11.4 Å². The van der Waals surface area contributed by atoms with E-state index in [1.807, 2.05) is 0 Å². The smallest absolute Gasteiger partial charge is 0.185 e. The number of nitrogens with zero attached hydrogens (tertiary/aromatic N) is 4. The van der Waals surface area contributed by atoms with Crippen LogP contribution in [0.15, 0.2) is 42.7 Å². The summed E-state index contributed by atoms with van der Waals surface area (Å²) in [6, 6.07) is 8.05. The molecule has 5 heteroatoms. The molecule has 0 N–H and O–H groups in total. The van der Waals surface area contributed by atoms with Gasteiger partial charge in [-0.05, 0) is 18.2 Å². The van der Waals surface area contributed by atoms with Crippen LogP contribution in [0.2, 0.25) is 0 Å². The predicted molar refractivity (Wildman–Crippen MR) is 60.5 cm³/mol. The van der Waals surface area contributed by atoms with E-state index in [0.717, 1.165) is 0 Å². The van der Waals surface area contributed by atoms with E-state index in [1.54, 1.807) is 36.7 Å². The third-order valence-electron chi connectivity index (χ3n) is 2.37. The quantitative estimate of drug-likeness (QED) is 0.638. The summed E-state index contributed by atoms with van der Waals surface area (Å²) < 4.78 is 13.6. The van der Waals surface area contributed by atoms with Crippen LogP contribution in [0, 0.1) is 5.82 Å². The van der Waals surface area contributed by atoms with Crippen molar-refractivity contribution in [1.82, 2.24) is 20.2 Å². The molecule has 0 atom stereocenters. The summed E-state index contributed by atoms with van der Waals surface area (Å²) in [4.78, 5) is 8.18. The first-order valence-electron chi connectivity index (χ1n) is 5.04. The van der Waals surface area contributed by atoms with Gasteiger partial charge in [-0.15, -0.1) is 10.2 Å². The minimum absolute atomic E-state index is 0.267. The Bertz CT molecular complexity index is 684.